The van der Waals surface area contributed by atoms with Crippen LogP contribution in [-0.2, 0) is 0 Å². The molecule has 0 aliphatic heterocycles. The Balaban J connectivity index is 2.18. The van der Waals surface area contributed by atoms with Crippen LogP contribution in [0.3, 0.4) is 0 Å². The normalized spacial score (nSPS) is 10.7. The second kappa shape index (κ2) is 4.85. The van der Waals surface area contributed by atoms with Crippen molar-refractivity contribution < 1.29 is 4.79 Å². The van der Waals surface area contributed by atoms with E-state index in [1.165, 1.54) is 0 Å². The smallest absolute Gasteiger partial charge is 0.213 e. The fraction of sp³-hybridized carbons (Fsp3) is 0.118. The lowest BCUT2D eigenvalue weighted by molar-refractivity contribution is 0.103. The largest absolute Gasteiger partial charge is 0.287 e. The summed E-state index contributed by atoms with van der Waals surface area (Å²) >= 11 is 0. The number of hydrogen-bond donors (Lipinski definition) is 0. The Labute approximate surface area is 117 Å². The molecule has 0 atom stereocenters. The Morgan fingerprint density at radius 2 is 1.85 bits per heavy atom. The number of carbonyl (C=O) groups is 1. The first-order chi connectivity index (χ1) is 9.66. The van der Waals surface area contributed by atoms with Crippen LogP contribution >= 0.6 is 0 Å². The molecule has 3 rings (SSSR count). The number of nitrogens with zero attached hydrogens (tertiary/aromatic N) is 2. The molecule has 0 spiro atoms. The van der Waals surface area contributed by atoms with Gasteiger partial charge in [0.2, 0.25) is 5.78 Å². The first-order valence-electron chi connectivity index (χ1n) is 6.47. The molecule has 0 fully saturated rings. The van der Waals surface area contributed by atoms with Crippen molar-refractivity contribution in [2.45, 2.75) is 13.8 Å². The Kier molecular flexibility index (Phi) is 3.03. The van der Waals surface area contributed by atoms with Gasteiger partial charge in [-0.15, -0.1) is 0 Å². The average Bonchev–Trinajstić information content (AvgIpc) is 2.46. The molecule has 0 saturated carbocycles. The number of hydrogen-bond acceptors (Lipinski definition) is 3. The van der Waals surface area contributed by atoms with Gasteiger partial charge in [-0.2, -0.15) is 0 Å². The molecule has 20 heavy (non-hydrogen) atoms. The van der Waals surface area contributed by atoms with Crippen LogP contribution in [-0.4, -0.2) is 15.8 Å². The van der Waals surface area contributed by atoms with Crippen LogP contribution in [0.15, 0.2) is 48.9 Å². The second-order valence-corrected chi connectivity index (χ2v) is 4.92. The van der Waals surface area contributed by atoms with Crippen LogP contribution in [0.5, 0.6) is 0 Å². The number of benzene rings is 1. The van der Waals surface area contributed by atoms with Crippen molar-refractivity contribution in [2.75, 3.05) is 0 Å². The molecule has 3 aromatic rings. The summed E-state index contributed by atoms with van der Waals surface area (Å²) in [5.41, 5.74) is 3.04. The molecule has 0 aliphatic rings. The number of fused-ring (bicyclic) bond motifs is 1. The van der Waals surface area contributed by atoms with Gasteiger partial charge in [-0.1, -0.05) is 30.3 Å². The van der Waals surface area contributed by atoms with Gasteiger partial charge in [-0.05, 0) is 30.4 Å². The Hall–Kier alpha value is -2.55. The van der Waals surface area contributed by atoms with Gasteiger partial charge < -0.3 is 0 Å². The minimum Gasteiger partial charge on any atom is -0.287 e. The molecular weight excluding hydrogens is 248 g/mol. The van der Waals surface area contributed by atoms with E-state index in [0.717, 1.165) is 21.9 Å². The number of aryl methyl sites for hydroxylation is 2. The van der Waals surface area contributed by atoms with E-state index in [4.69, 9.17) is 0 Å². The van der Waals surface area contributed by atoms with Crippen molar-refractivity contribution in [1.82, 2.24) is 9.97 Å². The minimum atomic E-state index is -0.0770. The highest BCUT2D eigenvalue weighted by Gasteiger charge is 2.16. The maximum absolute atomic E-state index is 12.7. The summed E-state index contributed by atoms with van der Waals surface area (Å²) in [5, 5.41) is 1.87. The van der Waals surface area contributed by atoms with Gasteiger partial charge in [0.25, 0.3) is 0 Å². The van der Waals surface area contributed by atoms with E-state index in [9.17, 15) is 4.79 Å². The molecule has 0 radical (unpaired) electrons. The van der Waals surface area contributed by atoms with Gasteiger partial charge in [-0.3, -0.25) is 14.8 Å². The third-order valence-corrected chi connectivity index (χ3v) is 3.34. The SMILES string of the molecule is Cc1cnc(C(=O)c2cncc3ccccc23)c(C)c1. The highest BCUT2D eigenvalue weighted by atomic mass is 16.1. The van der Waals surface area contributed by atoms with Gasteiger partial charge in [0, 0.05) is 24.0 Å². The van der Waals surface area contributed by atoms with Gasteiger partial charge >= 0.3 is 0 Å². The van der Waals surface area contributed by atoms with Crippen LogP contribution in [0, 0.1) is 13.8 Å². The van der Waals surface area contributed by atoms with Crippen LogP contribution in [0.1, 0.15) is 27.2 Å². The molecule has 3 heteroatoms. The number of carbonyl (C=O) groups excluding carboxylic acids is 1. The summed E-state index contributed by atoms with van der Waals surface area (Å²) < 4.78 is 0. The molecule has 3 nitrogen and oxygen atoms in total. The summed E-state index contributed by atoms with van der Waals surface area (Å²) in [4.78, 5) is 21.1. The van der Waals surface area contributed by atoms with E-state index in [2.05, 4.69) is 9.97 Å². The van der Waals surface area contributed by atoms with Gasteiger partial charge in [0.05, 0.1) is 5.56 Å². The topological polar surface area (TPSA) is 42.9 Å². The highest BCUT2D eigenvalue weighted by molar-refractivity contribution is 6.15. The summed E-state index contributed by atoms with van der Waals surface area (Å²) in [6, 6.07) is 9.73. The second-order valence-electron chi connectivity index (χ2n) is 4.92. The summed E-state index contributed by atoms with van der Waals surface area (Å²) in [6.07, 6.45) is 5.10. The van der Waals surface area contributed by atoms with Crippen molar-refractivity contribution in [3.05, 3.63) is 71.3 Å². The molecule has 1 aromatic carbocycles. The van der Waals surface area contributed by atoms with Crippen LogP contribution in [0.4, 0.5) is 0 Å². The first-order valence-corrected chi connectivity index (χ1v) is 6.47. The predicted octanol–water partition coefficient (Wildman–Crippen LogP) is 3.48. The minimum absolute atomic E-state index is 0.0770. The molecule has 0 amide bonds. The number of aromatic nitrogens is 2. The van der Waals surface area contributed by atoms with Gasteiger partial charge in [-0.25, -0.2) is 0 Å². The molecule has 0 saturated heterocycles. The first kappa shape index (κ1) is 12.5. The Bertz CT molecular complexity index is 804. The third-order valence-electron chi connectivity index (χ3n) is 3.34. The van der Waals surface area contributed by atoms with Crippen LogP contribution in [0.25, 0.3) is 10.8 Å². The van der Waals surface area contributed by atoms with Crippen LogP contribution in [0.2, 0.25) is 0 Å². The van der Waals surface area contributed by atoms with E-state index in [0.29, 0.717) is 11.3 Å². The van der Waals surface area contributed by atoms with Gasteiger partial charge in [0.1, 0.15) is 5.69 Å². The van der Waals surface area contributed by atoms with Crippen molar-refractivity contribution in [3.63, 3.8) is 0 Å². The Morgan fingerprint density at radius 3 is 2.65 bits per heavy atom. The van der Waals surface area contributed by atoms with Crippen molar-refractivity contribution >= 4 is 16.6 Å². The molecule has 2 heterocycles. The van der Waals surface area contributed by atoms with Crippen molar-refractivity contribution in [3.8, 4) is 0 Å². The fourth-order valence-electron chi connectivity index (χ4n) is 2.38. The van der Waals surface area contributed by atoms with E-state index in [1.807, 2.05) is 44.2 Å². The number of pyridine rings is 2. The molecule has 0 N–H and O–H groups in total. The standard InChI is InChI=1S/C17H14N2O/c1-11-7-12(2)16(19-8-11)17(20)15-10-18-9-13-5-3-4-6-14(13)15/h3-10H,1-2H3. The summed E-state index contributed by atoms with van der Waals surface area (Å²) in [5.74, 6) is -0.0770. The lowest BCUT2D eigenvalue weighted by atomic mass is 10.00. The summed E-state index contributed by atoms with van der Waals surface area (Å²) in [6.45, 7) is 3.87. The summed E-state index contributed by atoms with van der Waals surface area (Å²) in [7, 11) is 0. The maximum Gasteiger partial charge on any atom is 0.213 e. The third kappa shape index (κ3) is 2.07. The molecule has 0 bridgehead atoms. The Morgan fingerprint density at radius 1 is 1.05 bits per heavy atom. The molecule has 0 unspecified atom stereocenters. The zero-order chi connectivity index (χ0) is 14.1. The lowest BCUT2D eigenvalue weighted by Crippen LogP contribution is -2.08. The molecule has 2 aromatic heterocycles. The average molecular weight is 262 g/mol. The number of ketones is 1. The van der Waals surface area contributed by atoms with E-state index in [1.54, 1.807) is 18.6 Å². The van der Waals surface area contributed by atoms with Crippen molar-refractivity contribution in [1.29, 1.82) is 0 Å². The maximum atomic E-state index is 12.7. The molecule has 98 valence electrons. The van der Waals surface area contributed by atoms with Gasteiger partial charge in [0.15, 0.2) is 0 Å². The number of rotatable bonds is 2. The molecular formula is C17H14N2O. The zero-order valence-corrected chi connectivity index (χ0v) is 11.4. The fourth-order valence-corrected chi connectivity index (χ4v) is 2.38. The van der Waals surface area contributed by atoms with Crippen molar-refractivity contribution in [2.24, 2.45) is 0 Å². The van der Waals surface area contributed by atoms with E-state index >= 15 is 0 Å². The zero-order valence-electron chi connectivity index (χ0n) is 11.4. The van der Waals surface area contributed by atoms with E-state index in [-0.39, 0.29) is 5.78 Å². The van der Waals surface area contributed by atoms with Crippen LogP contribution < -0.4 is 0 Å². The molecule has 0 aliphatic carbocycles. The monoisotopic (exact) mass is 262 g/mol. The van der Waals surface area contributed by atoms with E-state index < -0.39 is 0 Å². The predicted molar refractivity (Wildman–Crippen MR) is 78.9 cm³/mol. The lowest BCUT2D eigenvalue weighted by Gasteiger charge is -2.07. The quantitative estimate of drug-likeness (QED) is 0.664. The highest BCUT2D eigenvalue weighted by Crippen LogP contribution is 2.21.